The highest BCUT2D eigenvalue weighted by molar-refractivity contribution is 7.84. The summed E-state index contributed by atoms with van der Waals surface area (Å²) >= 11 is 3.95. The van der Waals surface area contributed by atoms with Gasteiger partial charge >= 0.3 is 0 Å². The van der Waals surface area contributed by atoms with Gasteiger partial charge in [0.2, 0.25) is 0 Å². The van der Waals surface area contributed by atoms with Crippen LogP contribution in [-0.2, 0) is 0 Å². The molecule has 0 saturated carbocycles. The van der Waals surface area contributed by atoms with E-state index in [4.69, 9.17) is 11.5 Å². The van der Waals surface area contributed by atoms with Crippen molar-refractivity contribution >= 4 is 12.6 Å². The molecule has 2 nitrogen and oxygen atoms in total. The van der Waals surface area contributed by atoms with E-state index in [1.54, 1.807) is 6.92 Å². The van der Waals surface area contributed by atoms with Crippen LogP contribution in [0.3, 0.4) is 0 Å². The largest absolute Gasteiger partial charge is 0.398 e. The lowest BCUT2D eigenvalue weighted by atomic mass is 10.3. The summed E-state index contributed by atoms with van der Waals surface area (Å²) in [4.78, 5) is 0.706. The van der Waals surface area contributed by atoms with Gasteiger partial charge in [-0.25, -0.2) is 0 Å². The summed E-state index contributed by atoms with van der Waals surface area (Å²) in [6.07, 6.45) is 0. The Bertz CT molecular complexity index is 133. The molecule has 0 aliphatic heterocycles. The van der Waals surface area contributed by atoms with Crippen LogP contribution in [0, 0.1) is 0 Å². The lowest BCUT2D eigenvalue weighted by Gasteiger charge is -1.98. The third-order valence-corrected chi connectivity index (χ3v) is 0.977. The number of allylic oxidation sites excluding steroid dienone is 1. The van der Waals surface area contributed by atoms with Gasteiger partial charge in [0.1, 0.15) is 0 Å². The Morgan fingerprint density at radius 1 is 1.50 bits per heavy atom. The van der Waals surface area contributed by atoms with E-state index in [2.05, 4.69) is 19.2 Å². The van der Waals surface area contributed by atoms with Gasteiger partial charge in [0.15, 0.2) is 0 Å². The van der Waals surface area contributed by atoms with E-state index < -0.39 is 0 Å². The average molecular weight is 130 g/mol. The molecule has 0 amide bonds. The number of hydrogen-bond acceptors (Lipinski definition) is 3. The zero-order valence-corrected chi connectivity index (χ0v) is 5.70. The van der Waals surface area contributed by atoms with Crippen molar-refractivity contribution in [3.8, 4) is 0 Å². The van der Waals surface area contributed by atoms with Crippen LogP contribution in [-0.4, -0.2) is 0 Å². The van der Waals surface area contributed by atoms with Crippen LogP contribution in [0.25, 0.3) is 0 Å². The van der Waals surface area contributed by atoms with Gasteiger partial charge in [-0.05, 0) is 6.92 Å². The lowest BCUT2D eigenvalue weighted by molar-refractivity contribution is 1.24. The molecule has 0 atom stereocenters. The second-order valence-corrected chi connectivity index (χ2v) is 2.20. The van der Waals surface area contributed by atoms with Crippen LogP contribution in [0.2, 0.25) is 0 Å². The summed E-state index contributed by atoms with van der Waals surface area (Å²) in [6.45, 7) is 5.18. The highest BCUT2D eigenvalue weighted by Gasteiger charge is 1.91. The Kier molecular flexibility index (Phi) is 2.48. The van der Waals surface area contributed by atoms with Crippen molar-refractivity contribution in [1.29, 1.82) is 0 Å². The first kappa shape index (κ1) is 7.43. The van der Waals surface area contributed by atoms with Gasteiger partial charge in [-0.3, -0.25) is 0 Å². The van der Waals surface area contributed by atoms with E-state index in [1.807, 2.05) is 0 Å². The van der Waals surface area contributed by atoms with Gasteiger partial charge in [-0.1, -0.05) is 6.58 Å². The van der Waals surface area contributed by atoms with E-state index in [0.717, 1.165) is 0 Å². The number of thiol groups is 1. The van der Waals surface area contributed by atoms with Crippen LogP contribution in [0.4, 0.5) is 0 Å². The molecule has 0 fully saturated rings. The van der Waals surface area contributed by atoms with Crippen molar-refractivity contribution < 1.29 is 0 Å². The zero-order chi connectivity index (χ0) is 6.73. The Hall–Kier alpha value is -0.570. The van der Waals surface area contributed by atoms with Crippen molar-refractivity contribution in [3.05, 3.63) is 22.9 Å². The minimum Gasteiger partial charge on any atom is -0.398 e. The molecule has 0 aliphatic carbocycles. The van der Waals surface area contributed by atoms with Crippen molar-refractivity contribution in [3.63, 3.8) is 0 Å². The SMILES string of the molecule is C=C(N)/C(N)=C(\C)S. The third-order valence-electron chi connectivity index (χ3n) is 0.736. The van der Waals surface area contributed by atoms with Crippen LogP contribution in [0.15, 0.2) is 22.9 Å². The first-order valence-electron chi connectivity index (χ1n) is 2.15. The standard InChI is InChI=1S/C5H10N2S/c1-3(6)5(7)4(2)8/h8H,1,6-7H2,2H3/b5-4-. The van der Waals surface area contributed by atoms with Gasteiger partial charge < -0.3 is 11.5 Å². The first-order chi connectivity index (χ1) is 3.55. The fraction of sp³-hybridized carbons (Fsp3) is 0.200. The van der Waals surface area contributed by atoms with Gasteiger partial charge in [0, 0.05) is 10.6 Å². The molecule has 46 valence electrons. The quantitative estimate of drug-likeness (QED) is 0.359. The fourth-order valence-electron chi connectivity index (χ4n) is 0.232. The molecular weight excluding hydrogens is 120 g/mol. The summed E-state index contributed by atoms with van der Waals surface area (Å²) < 4.78 is 0. The van der Waals surface area contributed by atoms with Crippen LogP contribution in [0.5, 0.6) is 0 Å². The maximum absolute atomic E-state index is 5.34. The van der Waals surface area contributed by atoms with Crippen molar-refractivity contribution in [2.24, 2.45) is 11.5 Å². The third kappa shape index (κ3) is 1.93. The zero-order valence-electron chi connectivity index (χ0n) is 4.81. The average Bonchev–Trinajstić information content (AvgIpc) is 1.64. The van der Waals surface area contributed by atoms with Crippen LogP contribution >= 0.6 is 12.6 Å². The van der Waals surface area contributed by atoms with Crippen LogP contribution < -0.4 is 11.5 Å². The topological polar surface area (TPSA) is 52.0 Å². The number of nitrogens with two attached hydrogens (primary N) is 2. The van der Waals surface area contributed by atoms with Crippen molar-refractivity contribution in [2.75, 3.05) is 0 Å². The molecule has 0 aromatic rings. The monoisotopic (exact) mass is 130 g/mol. The Morgan fingerprint density at radius 3 is 1.88 bits per heavy atom. The molecule has 8 heavy (non-hydrogen) atoms. The summed E-state index contributed by atoms with van der Waals surface area (Å²) in [5.74, 6) is 0. The Labute approximate surface area is 54.7 Å². The molecular formula is C5H10N2S. The second kappa shape index (κ2) is 2.67. The predicted molar refractivity (Wildman–Crippen MR) is 39.2 cm³/mol. The Balaban J connectivity index is 4.23. The van der Waals surface area contributed by atoms with Gasteiger partial charge in [-0.15, -0.1) is 12.6 Å². The normalized spacial score (nSPS) is 12.8. The minimum absolute atomic E-state index is 0.373. The summed E-state index contributed by atoms with van der Waals surface area (Å²) in [5.41, 5.74) is 11.4. The van der Waals surface area contributed by atoms with Gasteiger partial charge in [0.05, 0.1) is 5.70 Å². The molecule has 0 radical (unpaired) electrons. The molecule has 0 aromatic heterocycles. The number of hydrogen-bond donors (Lipinski definition) is 3. The van der Waals surface area contributed by atoms with E-state index in [1.165, 1.54) is 0 Å². The molecule has 0 heterocycles. The lowest BCUT2D eigenvalue weighted by Crippen LogP contribution is -2.08. The second-order valence-electron chi connectivity index (χ2n) is 1.52. The smallest absolute Gasteiger partial charge is 0.0632 e. The summed E-state index contributed by atoms with van der Waals surface area (Å²) in [5, 5.41) is 0. The predicted octanol–water partition coefficient (Wildman–Crippen LogP) is 0.579. The van der Waals surface area contributed by atoms with Crippen molar-refractivity contribution in [1.82, 2.24) is 0 Å². The number of rotatable bonds is 1. The van der Waals surface area contributed by atoms with Crippen molar-refractivity contribution in [2.45, 2.75) is 6.92 Å². The molecule has 4 N–H and O–H groups in total. The van der Waals surface area contributed by atoms with E-state index in [0.29, 0.717) is 16.3 Å². The molecule has 0 saturated heterocycles. The van der Waals surface area contributed by atoms with E-state index in [9.17, 15) is 0 Å². The highest BCUT2D eigenvalue weighted by Crippen LogP contribution is 2.04. The molecule has 0 unspecified atom stereocenters. The van der Waals surface area contributed by atoms with E-state index in [-0.39, 0.29) is 0 Å². The Morgan fingerprint density at radius 2 is 1.88 bits per heavy atom. The summed E-state index contributed by atoms with van der Waals surface area (Å²) in [7, 11) is 0. The molecule has 3 heteroatoms. The maximum atomic E-state index is 5.34. The first-order valence-corrected chi connectivity index (χ1v) is 2.60. The van der Waals surface area contributed by atoms with Gasteiger partial charge in [-0.2, -0.15) is 0 Å². The maximum Gasteiger partial charge on any atom is 0.0632 e. The van der Waals surface area contributed by atoms with Crippen LogP contribution in [0.1, 0.15) is 6.92 Å². The molecule has 0 bridgehead atoms. The summed E-state index contributed by atoms with van der Waals surface area (Å²) in [6, 6.07) is 0. The molecule has 0 spiro atoms. The minimum atomic E-state index is 0.373. The van der Waals surface area contributed by atoms with E-state index >= 15 is 0 Å². The molecule has 0 aliphatic rings. The molecule has 0 rings (SSSR count). The fourth-order valence-corrected chi connectivity index (χ4v) is 0.376. The van der Waals surface area contributed by atoms with Gasteiger partial charge in [0.25, 0.3) is 0 Å². The molecule has 0 aromatic carbocycles. The highest BCUT2D eigenvalue weighted by atomic mass is 32.1.